The minimum absolute atomic E-state index is 0.00482. The van der Waals surface area contributed by atoms with E-state index in [0.29, 0.717) is 12.1 Å². The van der Waals surface area contributed by atoms with E-state index in [1.165, 1.54) is 18.2 Å². The molecule has 1 amide bonds. The van der Waals surface area contributed by atoms with Crippen LogP contribution >= 0.6 is 0 Å². The van der Waals surface area contributed by atoms with Crippen LogP contribution in [0.3, 0.4) is 0 Å². The van der Waals surface area contributed by atoms with Crippen molar-refractivity contribution in [1.29, 1.82) is 0 Å². The molecule has 1 saturated heterocycles. The molecule has 2 atom stereocenters. The largest absolute Gasteiger partial charge is 0.444 e. The third-order valence-electron chi connectivity index (χ3n) is 4.36. The summed E-state index contributed by atoms with van der Waals surface area (Å²) < 4.78 is 23.8. The van der Waals surface area contributed by atoms with Crippen LogP contribution in [-0.4, -0.2) is 49.0 Å². The summed E-state index contributed by atoms with van der Waals surface area (Å²) in [5.41, 5.74) is -0.0962. The second kappa shape index (κ2) is 7.86. The molecule has 9 nitrogen and oxygen atoms in total. The Labute approximate surface area is 164 Å². The zero-order chi connectivity index (χ0) is 20.5. The van der Waals surface area contributed by atoms with Crippen LogP contribution in [0.2, 0.25) is 0 Å². The molecule has 0 spiro atoms. The van der Waals surface area contributed by atoms with Crippen LogP contribution in [0.25, 0.3) is 11.1 Å². The zero-order valence-corrected chi connectivity index (χ0v) is 16.9. The number of hydrogen-bond acceptors (Lipinski definition) is 7. The molecule has 0 saturated carbocycles. The molecule has 2 aromatic rings. The fourth-order valence-corrected chi connectivity index (χ4v) is 4.31. The Hall–Kier alpha value is -2.49. The van der Waals surface area contributed by atoms with Gasteiger partial charge < -0.3 is 14.1 Å². The van der Waals surface area contributed by atoms with E-state index >= 15 is 0 Å². The number of amides is 1. The number of carbonyl (C=O) groups excluding carboxylic acids is 1. The van der Waals surface area contributed by atoms with Crippen LogP contribution in [0.15, 0.2) is 27.8 Å². The topological polar surface area (TPSA) is 116 Å². The molecule has 1 aromatic carbocycles. The number of benzene rings is 1. The molecule has 10 heteroatoms. The molecule has 1 fully saturated rings. The van der Waals surface area contributed by atoms with Gasteiger partial charge >= 0.3 is 6.09 Å². The Morgan fingerprint density at radius 3 is 2.86 bits per heavy atom. The van der Waals surface area contributed by atoms with Crippen molar-refractivity contribution in [3.8, 4) is 0 Å². The maximum atomic E-state index is 12.8. The normalized spacial score (nSPS) is 18.8. The summed E-state index contributed by atoms with van der Waals surface area (Å²) >= 11 is 0. The summed E-state index contributed by atoms with van der Waals surface area (Å²) in [4.78, 5) is 28.6. The Kier molecular flexibility index (Phi) is 5.69. The van der Waals surface area contributed by atoms with Gasteiger partial charge in [-0.15, -0.1) is 0 Å². The molecule has 0 unspecified atom stereocenters. The molecule has 0 bridgehead atoms. The summed E-state index contributed by atoms with van der Waals surface area (Å²) in [6.45, 7) is 5.97. The number of nitro groups is 1. The van der Waals surface area contributed by atoms with E-state index in [2.05, 4.69) is 4.98 Å². The molecule has 1 aliphatic heterocycles. The summed E-state index contributed by atoms with van der Waals surface area (Å²) in [6, 6.07) is 3.79. The molecule has 1 aliphatic rings. The Balaban J connectivity index is 1.75. The summed E-state index contributed by atoms with van der Waals surface area (Å²) in [7, 11) is -1.59. The van der Waals surface area contributed by atoms with Crippen molar-refractivity contribution < 1.29 is 23.1 Å². The van der Waals surface area contributed by atoms with Crippen LogP contribution in [0, 0.1) is 10.1 Å². The number of aromatic nitrogens is 1. The third-order valence-corrected chi connectivity index (χ3v) is 5.61. The lowest BCUT2D eigenvalue weighted by Gasteiger charge is -2.36. The molecule has 0 aliphatic carbocycles. The summed E-state index contributed by atoms with van der Waals surface area (Å²) in [5.74, 6) is 0.175. The van der Waals surface area contributed by atoms with Gasteiger partial charge in [0.2, 0.25) is 0 Å². The van der Waals surface area contributed by atoms with Crippen LogP contribution in [0.4, 0.5) is 10.5 Å². The molecule has 152 valence electrons. The molecule has 0 N–H and O–H groups in total. The van der Waals surface area contributed by atoms with E-state index < -0.39 is 27.4 Å². The van der Waals surface area contributed by atoms with E-state index in [9.17, 15) is 19.1 Å². The Morgan fingerprint density at radius 2 is 2.18 bits per heavy atom. The van der Waals surface area contributed by atoms with Gasteiger partial charge in [0.15, 0.2) is 5.58 Å². The minimum Gasteiger partial charge on any atom is -0.444 e. The number of oxazole rings is 1. The molecule has 2 heterocycles. The molecule has 0 radical (unpaired) electrons. The number of rotatable bonds is 4. The van der Waals surface area contributed by atoms with Crippen molar-refractivity contribution in [2.24, 2.45) is 0 Å². The van der Waals surface area contributed by atoms with E-state index in [-0.39, 0.29) is 28.2 Å². The quantitative estimate of drug-likeness (QED) is 0.559. The fourth-order valence-electron chi connectivity index (χ4n) is 3.09. The average Bonchev–Trinajstić information content (AvgIpc) is 3.04. The molecular weight excluding hydrogens is 386 g/mol. The van der Waals surface area contributed by atoms with Crippen LogP contribution in [0.5, 0.6) is 0 Å². The number of likely N-dealkylation sites (tertiary alicyclic amines) is 1. The first-order chi connectivity index (χ1) is 13.1. The van der Waals surface area contributed by atoms with Gasteiger partial charge in [0.05, 0.1) is 10.7 Å². The van der Waals surface area contributed by atoms with E-state index in [1.54, 1.807) is 25.7 Å². The van der Waals surface area contributed by atoms with E-state index in [0.717, 1.165) is 19.3 Å². The van der Waals surface area contributed by atoms with Crippen LogP contribution < -0.4 is 0 Å². The van der Waals surface area contributed by atoms with Gasteiger partial charge in [-0.2, -0.15) is 0 Å². The zero-order valence-electron chi connectivity index (χ0n) is 16.0. The van der Waals surface area contributed by atoms with Gasteiger partial charge in [-0.05, 0) is 46.1 Å². The van der Waals surface area contributed by atoms with E-state index in [4.69, 9.17) is 9.15 Å². The molecule has 3 rings (SSSR count). The van der Waals surface area contributed by atoms with Gasteiger partial charge in [0.25, 0.3) is 10.9 Å². The van der Waals surface area contributed by atoms with Crippen molar-refractivity contribution in [3.63, 3.8) is 0 Å². The van der Waals surface area contributed by atoms with Crippen molar-refractivity contribution >= 4 is 33.7 Å². The first kappa shape index (κ1) is 20.2. The molecule has 28 heavy (non-hydrogen) atoms. The lowest BCUT2D eigenvalue weighted by molar-refractivity contribution is -0.384. The number of hydrogen-bond donors (Lipinski definition) is 0. The second-order valence-electron chi connectivity index (χ2n) is 7.72. The monoisotopic (exact) mass is 409 g/mol. The van der Waals surface area contributed by atoms with Gasteiger partial charge in [0, 0.05) is 24.7 Å². The minimum atomic E-state index is -1.59. The van der Waals surface area contributed by atoms with Crippen molar-refractivity contribution in [2.75, 3.05) is 12.3 Å². The third kappa shape index (κ3) is 4.67. The Bertz CT molecular complexity index is 920. The predicted molar refractivity (Wildman–Crippen MR) is 103 cm³/mol. The fraction of sp³-hybridized carbons (Fsp3) is 0.556. The lowest BCUT2D eigenvalue weighted by atomic mass is 10.0. The first-order valence-electron chi connectivity index (χ1n) is 9.07. The maximum absolute atomic E-state index is 12.8. The SMILES string of the molecule is CC(C)(C)OC(=O)N1CCCC[C@@H]1C[S@@](=O)c1nc2cc([N+](=O)[O-])ccc2o1. The number of piperidine rings is 1. The van der Waals surface area contributed by atoms with Crippen LogP contribution in [0.1, 0.15) is 40.0 Å². The smallest absolute Gasteiger partial charge is 0.410 e. The van der Waals surface area contributed by atoms with Gasteiger partial charge in [-0.3, -0.25) is 10.1 Å². The highest BCUT2D eigenvalue weighted by molar-refractivity contribution is 7.84. The number of non-ortho nitro benzene ring substituents is 1. The second-order valence-corrected chi connectivity index (χ2v) is 9.10. The van der Waals surface area contributed by atoms with Gasteiger partial charge in [-0.25, -0.2) is 14.0 Å². The van der Waals surface area contributed by atoms with Gasteiger partial charge in [0.1, 0.15) is 21.9 Å². The highest BCUT2D eigenvalue weighted by atomic mass is 32.2. The number of carbonyl (C=O) groups is 1. The average molecular weight is 409 g/mol. The lowest BCUT2D eigenvalue weighted by Crippen LogP contribution is -2.48. The predicted octanol–water partition coefficient (Wildman–Crippen LogP) is 3.63. The Morgan fingerprint density at radius 1 is 1.43 bits per heavy atom. The van der Waals surface area contributed by atoms with Crippen molar-refractivity contribution in [2.45, 2.75) is 56.9 Å². The highest BCUT2D eigenvalue weighted by Gasteiger charge is 2.32. The highest BCUT2D eigenvalue weighted by Crippen LogP contribution is 2.25. The number of nitrogens with zero attached hydrogens (tertiary/aromatic N) is 3. The summed E-state index contributed by atoms with van der Waals surface area (Å²) in [6.07, 6.45) is 2.11. The van der Waals surface area contributed by atoms with Crippen molar-refractivity contribution in [1.82, 2.24) is 9.88 Å². The molecule has 1 aromatic heterocycles. The number of ether oxygens (including phenoxy) is 1. The van der Waals surface area contributed by atoms with Crippen LogP contribution in [-0.2, 0) is 15.5 Å². The van der Waals surface area contributed by atoms with Gasteiger partial charge in [-0.1, -0.05) is 0 Å². The molecular formula is C18H23N3O6S. The van der Waals surface area contributed by atoms with Crippen molar-refractivity contribution in [3.05, 3.63) is 28.3 Å². The summed E-state index contributed by atoms with van der Waals surface area (Å²) in [5, 5.41) is 10.9. The number of nitro benzene ring substituents is 1. The standard InChI is InChI=1S/C18H23N3O6S/c1-18(2,3)27-17(22)20-9-5-4-6-13(20)11-28(25)16-19-14-10-12(21(23)24)7-8-15(14)26-16/h7-8,10,13H,4-6,9,11H2,1-3H3/t13-,28-/m1/s1. The van der Waals surface area contributed by atoms with E-state index in [1.807, 2.05) is 0 Å². The number of fused-ring (bicyclic) bond motifs is 1. The first-order valence-corrected chi connectivity index (χ1v) is 10.4. The maximum Gasteiger partial charge on any atom is 0.410 e.